The van der Waals surface area contributed by atoms with Gasteiger partial charge in [0.25, 0.3) is 0 Å². The van der Waals surface area contributed by atoms with Crippen molar-refractivity contribution < 1.29 is 22.4 Å². The van der Waals surface area contributed by atoms with Crippen LogP contribution < -0.4 is 5.32 Å². The molecule has 4 aromatic rings. The van der Waals surface area contributed by atoms with E-state index in [0.717, 1.165) is 47.6 Å². The summed E-state index contributed by atoms with van der Waals surface area (Å²) in [5.74, 6) is -0.955. The molecule has 1 amide bonds. The number of nitrogens with zero attached hydrogens (tertiary/aromatic N) is 1. The fourth-order valence-corrected chi connectivity index (χ4v) is 4.69. The maximum Gasteiger partial charge on any atom is 0.405 e. The van der Waals surface area contributed by atoms with Crippen molar-refractivity contribution >= 4 is 34.0 Å². The third-order valence-corrected chi connectivity index (χ3v) is 6.75. The van der Waals surface area contributed by atoms with Crippen molar-refractivity contribution in [1.82, 2.24) is 15.5 Å². The Morgan fingerprint density at radius 1 is 0.974 bits per heavy atom. The summed E-state index contributed by atoms with van der Waals surface area (Å²) in [6, 6.07) is 23.1. The molecular weight excluding hydrogens is 494 g/mol. The Morgan fingerprint density at radius 3 is 2.34 bits per heavy atom. The average molecular weight is 520 g/mol. The van der Waals surface area contributed by atoms with E-state index >= 15 is 0 Å². The Hall–Kier alpha value is -4.20. The number of H-pyrrole nitrogens is 1. The number of benzene rings is 3. The smallest absolute Gasteiger partial charge is 0.343 e. The van der Waals surface area contributed by atoms with Gasteiger partial charge >= 0.3 is 6.18 Å². The van der Waals surface area contributed by atoms with E-state index in [9.17, 15) is 22.4 Å². The van der Waals surface area contributed by atoms with Crippen molar-refractivity contribution in [3.8, 4) is 0 Å². The minimum atomic E-state index is -4.47. The predicted molar refractivity (Wildman–Crippen MR) is 140 cm³/mol. The highest BCUT2D eigenvalue weighted by Gasteiger charge is 2.28. The standard InChI is InChI=1S/C30H25F4N3O/c31-29-24-17-23(14-15-25(24)36-37-29)28(27(21-7-4-8-21)20-5-2-1-3-6-20)22-12-9-19(10-13-22)11-16-26(38)35-18-30(32,33)34/h1-3,5-6,9-17,21H,4,7-8,18H2,(H,35,38)(H,36,37). The van der Waals surface area contributed by atoms with Crippen molar-refractivity contribution in [2.24, 2.45) is 5.92 Å². The second-order valence-corrected chi connectivity index (χ2v) is 9.34. The zero-order valence-electron chi connectivity index (χ0n) is 20.4. The predicted octanol–water partition coefficient (Wildman–Crippen LogP) is 7.15. The second-order valence-electron chi connectivity index (χ2n) is 9.34. The van der Waals surface area contributed by atoms with Gasteiger partial charge in [0.1, 0.15) is 6.54 Å². The highest BCUT2D eigenvalue weighted by atomic mass is 19.4. The third-order valence-electron chi connectivity index (χ3n) is 6.75. The summed E-state index contributed by atoms with van der Waals surface area (Å²) < 4.78 is 51.4. The van der Waals surface area contributed by atoms with Crippen molar-refractivity contribution in [2.75, 3.05) is 6.54 Å². The van der Waals surface area contributed by atoms with Crippen LogP contribution in [0.15, 0.2) is 78.9 Å². The van der Waals surface area contributed by atoms with Crippen LogP contribution in [0.2, 0.25) is 0 Å². The fourth-order valence-electron chi connectivity index (χ4n) is 4.69. The lowest BCUT2D eigenvalue weighted by molar-refractivity contribution is -0.135. The van der Waals surface area contributed by atoms with E-state index in [1.165, 1.54) is 11.6 Å². The number of carbonyl (C=O) groups excluding carboxylic acids is 1. The number of hydrogen-bond donors (Lipinski definition) is 2. The number of rotatable bonds is 7. The van der Waals surface area contributed by atoms with E-state index < -0.39 is 24.6 Å². The number of fused-ring (bicyclic) bond motifs is 1. The molecule has 194 valence electrons. The van der Waals surface area contributed by atoms with Gasteiger partial charge in [0, 0.05) is 6.08 Å². The first-order chi connectivity index (χ1) is 18.3. The Labute approximate surface area is 217 Å². The molecule has 38 heavy (non-hydrogen) atoms. The van der Waals surface area contributed by atoms with Crippen LogP contribution in [0.25, 0.3) is 28.1 Å². The van der Waals surface area contributed by atoms with Gasteiger partial charge in [0.15, 0.2) is 0 Å². The minimum absolute atomic E-state index is 0.356. The van der Waals surface area contributed by atoms with Gasteiger partial charge in [-0.1, -0.05) is 67.1 Å². The Morgan fingerprint density at radius 2 is 1.68 bits per heavy atom. The molecule has 0 spiro atoms. The van der Waals surface area contributed by atoms with Gasteiger partial charge in [-0.2, -0.15) is 22.7 Å². The van der Waals surface area contributed by atoms with Gasteiger partial charge in [-0.25, -0.2) is 0 Å². The quantitative estimate of drug-likeness (QED) is 0.155. The van der Waals surface area contributed by atoms with Crippen LogP contribution in [-0.2, 0) is 4.79 Å². The van der Waals surface area contributed by atoms with Crippen LogP contribution in [0.5, 0.6) is 0 Å². The third kappa shape index (κ3) is 5.69. The molecule has 1 heterocycles. The molecule has 1 fully saturated rings. The molecule has 1 aliphatic rings. The van der Waals surface area contributed by atoms with Crippen LogP contribution >= 0.6 is 0 Å². The zero-order valence-corrected chi connectivity index (χ0v) is 20.4. The van der Waals surface area contributed by atoms with Crippen LogP contribution in [0.4, 0.5) is 17.6 Å². The molecule has 1 aromatic heterocycles. The molecule has 0 radical (unpaired) electrons. The number of nitrogens with one attached hydrogen (secondary N) is 2. The van der Waals surface area contributed by atoms with E-state index in [4.69, 9.17) is 0 Å². The van der Waals surface area contributed by atoms with Gasteiger partial charge in [0.2, 0.25) is 11.9 Å². The number of halogens is 4. The van der Waals surface area contributed by atoms with Crippen molar-refractivity contribution in [1.29, 1.82) is 0 Å². The van der Waals surface area contributed by atoms with Crippen molar-refractivity contribution in [3.05, 3.63) is 107 Å². The van der Waals surface area contributed by atoms with Crippen molar-refractivity contribution in [2.45, 2.75) is 25.4 Å². The fraction of sp³-hybridized carbons (Fsp3) is 0.200. The highest BCUT2D eigenvalue weighted by molar-refractivity contribution is 6.01. The number of aromatic amines is 1. The van der Waals surface area contributed by atoms with Crippen LogP contribution in [0.1, 0.15) is 41.5 Å². The zero-order chi connectivity index (χ0) is 26.7. The average Bonchev–Trinajstić information content (AvgIpc) is 3.25. The summed E-state index contributed by atoms with van der Waals surface area (Å²) in [6.45, 7) is -1.38. The number of carbonyl (C=O) groups is 1. The first-order valence-corrected chi connectivity index (χ1v) is 12.4. The summed E-state index contributed by atoms with van der Waals surface area (Å²) >= 11 is 0. The van der Waals surface area contributed by atoms with E-state index in [1.807, 2.05) is 59.9 Å². The molecule has 3 aromatic carbocycles. The lowest BCUT2D eigenvalue weighted by Crippen LogP contribution is -2.32. The van der Waals surface area contributed by atoms with E-state index in [2.05, 4.69) is 22.3 Å². The monoisotopic (exact) mass is 519 g/mol. The maximum absolute atomic E-state index is 14.4. The molecule has 4 nitrogen and oxygen atoms in total. The molecule has 0 bridgehead atoms. The highest BCUT2D eigenvalue weighted by Crippen LogP contribution is 2.45. The van der Waals surface area contributed by atoms with Gasteiger partial charge < -0.3 is 5.32 Å². The van der Waals surface area contributed by atoms with Gasteiger partial charge in [-0.3, -0.25) is 9.89 Å². The molecule has 0 aliphatic heterocycles. The summed E-state index contributed by atoms with van der Waals surface area (Å²) in [4.78, 5) is 11.8. The van der Waals surface area contributed by atoms with Crippen molar-refractivity contribution in [3.63, 3.8) is 0 Å². The van der Waals surface area contributed by atoms with Crippen LogP contribution in [-0.4, -0.2) is 28.8 Å². The lowest BCUT2D eigenvalue weighted by atomic mass is 9.73. The first kappa shape index (κ1) is 25.4. The molecular formula is C30H25F4N3O. The minimum Gasteiger partial charge on any atom is -0.343 e. The summed E-state index contributed by atoms with van der Waals surface area (Å²) in [5, 5.41) is 8.64. The molecule has 0 unspecified atom stereocenters. The molecule has 8 heteroatoms. The molecule has 0 saturated heterocycles. The number of aromatic nitrogens is 2. The van der Waals surface area contributed by atoms with Crippen LogP contribution in [0, 0.1) is 11.9 Å². The SMILES string of the molecule is O=C(C=Cc1ccc(C(=C(c2ccccc2)C2CCC2)c2ccc3n[nH]c(F)c3c2)cc1)NCC(F)(F)F. The maximum atomic E-state index is 14.4. The first-order valence-electron chi connectivity index (χ1n) is 12.4. The molecule has 2 N–H and O–H groups in total. The number of alkyl halides is 3. The van der Waals surface area contributed by atoms with Gasteiger partial charge in [0.05, 0.1) is 10.9 Å². The Balaban J connectivity index is 1.56. The summed E-state index contributed by atoms with van der Waals surface area (Å²) in [6.07, 6.45) is 1.34. The molecule has 1 saturated carbocycles. The summed E-state index contributed by atoms with van der Waals surface area (Å²) in [7, 11) is 0. The number of amides is 1. The van der Waals surface area contributed by atoms with E-state index in [0.29, 0.717) is 22.4 Å². The Kier molecular flexibility index (Phi) is 7.13. The second kappa shape index (κ2) is 10.7. The molecule has 5 rings (SSSR count). The van der Waals surface area contributed by atoms with Gasteiger partial charge in [-0.15, -0.1) is 0 Å². The Bertz CT molecular complexity index is 1500. The number of allylic oxidation sites excluding steroid dienone is 1. The molecule has 0 atom stereocenters. The van der Waals surface area contributed by atoms with Gasteiger partial charge in [-0.05, 0) is 70.4 Å². The topological polar surface area (TPSA) is 57.8 Å². The van der Waals surface area contributed by atoms with E-state index in [1.54, 1.807) is 6.07 Å². The number of hydrogen-bond acceptors (Lipinski definition) is 2. The lowest BCUT2D eigenvalue weighted by Gasteiger charge is -2.31. The van der Waals surface area contributed by atoms with E-state index in [-0.39, 0.29) is 0 Å². The normalized spacial score (nSPS) is 14.9. The summed E-state index contributed by atoms with van der Waals surface area (Å²) in [5.41, 5.74) is 6.26. The molecule has 1 aliphatic carbocycles. The largest absolute Gasteiger partial charge is 0.405 e. The van der Waals surface area contributed by atoms with Crippen LogP contribution in [0.3, 0.4) is 0 Å².